The van der Waals surface area contributed by atoms with Crippen molar-refractivity contribution in [2.45, 2.75) is 20.3 Å². The molecule has 0 fully saturated rings. The Bertz CT molecular complexity index is 450. The maximum Gasteiger partial charge on any atom is 0.248 e. The summed E-state index contributed by atoms with van der Waals surface area (Å²) in [5.41, 5.74) is 1.98. The van der Waals surface area contributed by atoms with E-state index in [4.69, 9.17) is 0 Å². The highest BCUT2D eigenvalue weighted by atomic mass is 79.9. The van der Waals surface area contributed by atoms with Gasteiger partial charge in [-0.05, 0) is 37.1 Å². The van der Waals surface area contributed by atoms with Gasteiger partial charge in [0.1, 0.15) is 0 Å². The summed E-state index contributed by atoms with van der Waals surface area (Å²) in [6.45, 7) is 3.97. The molecular formula is C14H16BrNO. The molecule has 1 aromatic carbocycles. The summed E-state index contributed by atoms with van der Waals surface area (Å²) in [6.07, 6.45) is 7.82. The molecule has 1 N–H and O–H groups in total. The number of amides is 1. The van der Waals surface area contributed by atoms with Gasteiger partial charge in [-0.25, -0.2) is 0 Å². The molecule has 0 spiro atoms. The lowest BCUT2D eigenvalue weighted by atomic mass is 10.1. The van der Waals surface area contributed by atoms with Gasteiger partial charge < -0.3 is 5.32 Å². The van der Waals surface area contributed by atoms with Crippen molar-refractivity contribution in [1.82, 2.24) is 0 Å². The molecule has 1 amide bonds. The average molecular weight is 294 g/mol. The number of carbonyl (C=O) groups excluding carboxylic acids is 1. The van der Waals surface area contributed by atoms with Crippen molar-refractivity contribution in [3.05, 3.63) is 52.5 Å². The molecule has 2 nitrogen and oxygen atoms in total. The van der Waals surface area contributed by atoms with E-state index in [9.17, 15) is 4.79 Å². The number of aryl methyl sites for hydroxylation is 1. The molecule has 0 unspecified atom stereocenters. The molecule has 0 saturated carbocycles. The van der Waals surface area contributed by atoms with Crippen molar-refractivity contribution in [3.63, 3.8) is 0 Å². The van der Waals surface area contributed by atoms with Gasteiger partial charge in [0.25, 0.3) is 0 Å². The summed E-state index contributed by atoms with van der Waals surface area (Å²) in [4.78, 5) is 11.6. The Labute approximate surface area is 111 Å². The van der Waals surface area contributed by atoms with Gasteiger partial charge in [-0.15, -0.1) is 0 Å². The van der Waals surface area contributed by atoms with Crippen molar-refractivity contribution < 1.29 is 4.79 Å². The summed E-state index contributed by atoms with van der Waals surface area (Å²) < 4.78 is 1.02. The number of nitrogens with one attached hydrogen (secondary N) is 1. The minimum Gasteiger partial charge on any atom is -0.322 e. The number of rotatable bonds is 4. The van der Waals surface area contributed by atoms with Gasteiger partial charge in [0.2, 0.25) is 5.91 Å². The molecule has 0 aliphatic heterocycles. The molecule has 0 radical (unpaired) electrons. The van der Waals surface area contributed by atoms with Crippen LogP contribution in [0.5, 0.6) is 0 Å². The van der Waals surface area contributed by atoms with E-state index in [0.717, 1.165) is 22.1 Å². The minimum absolute atomic E-state index is 0.111. The lowest BCUT2D eigenvalue weighted by Gasteiger charge is -2.08. The fourth-order valence-electron chi connectivity index (χ4n) is 1.41. The van der Waals surface area contributed by atoms with E-state index < -0.39 is 0 Å². The topological polar surface area (TPSA) is 29.1 Å². The zero-order valence-electron chi connectivity index (χ0n) is 10.0. The number of benzene rings is 1. The van der Waals surface area contributed by atoms with Crippen LogP contribution < -0.4 is 5.32 Å². The third-order valence-electron chi connectivity index (χ3n) is 2.26. The first kappa shape index (κ1) is 13.7. The third kappa shape index (κ3) is 4.57. The molecule has 0 saturated heterocycles. The van der Waals surface area contributed by atoms with Crippen LogP contribution in [0.2, 0.25) is 0 Å². The van der Waals surface area contributed by atoms with Crippen molar-refractivity contribution in [2.75, 3.05) is 5.32 Å². The van der Waals surface area contributed by atoms with E-state index in [-0.39, 0.29) is 5.91 Å². The Morgan fingerprint density at radius 2 is 2.18 bits per heavy atom. The Kier molecular flexibility index (Phi) is 5.70. The van der Waals surface area contributed by atoms with E-state index >= 15 is 0 Å². The summed E-state index contributed by atoms with van der Waals surface area (Å²) in [7, 11) is 0. The Morgan fingerprint density at radius 1 is 1.41 bits per heavy atom. The van der Waals surface area contributed by atoms with Crippen molar-refractivity contribution in [2.24, 2.45) is 0 Å². The number of hydrogen-bond donors (Lipinski definition) is 1. The zero-order chi connectivity index (χ0) is 12.7. The molecule has 3 heteroatoms. The lowest BCUT2D eigenvalue weighted by molar-refractivity contribution is -0.111. The van der Waals surface area contributed by atoms with Crippen LogP contribution in [0.25, 0.3) is 0 Å². The van der Waals surface area contributed by atoms with E-state index in [1.165, 1.54) is 6.08 Å². The highest BCUT2D eigenvalue weighted by molar-refractivity contribution is 9.10. The summed E-state index contributed by atoms with van der Waals surface area (Å²) in [5.74, 6) is -0.111. The average Bonchev–Trinajstić information content (AvgIpc) is 2.32. The van der Waals surface area contributed by atoms with Gasteiger partial charge in [-0.2, -0.15) is 0 Å². The molecule has 0 heterocycles. The van der Waals surface area contributed by atoms with Gasteiger partial charge >= 0.3 is 0 Å². The van der Waals surface area contributed by atoms with Crippen LogP contribution in [0.15, 0.2) is 47.0 Å². The summed E-state index contributed by atoms with van der Waals surface area (Å²) in [6, 6.07) is 5.85. The van der Waals surface area contributed by atoms with Gasteiger partial charge in [-0.3, -0.25) is 4.79 Å². The number of anilines is 1. The van der Waals surface area contributed by atoms with Crippen molar-refractivity contribution >= 4 is 27.5 Å². The second-order valence-electron chi connectivity index (χ2n) is 3.53. The number of carbonyl (C=O) groups is 1. The smallest absolute Gasteiger partial charge is 0.248 e. The zero-order valence-corrected chi connectivity index (χ0v) is 11.6. The minimum atomic E-state index is -0.111. The van der Waals surface area contributed by atoms with Gasteiger partial charge in [0.05, 0.1) is 0 Å². The van der Waals surface area contributed by atoms with E-state index in [2.05, 4.69) is 28.2 Å². The van der Waals surface area contributed by atoms with Gasteiger partial charge in [0.15, 0.2) is 0 Å². The van der Waals surface area contributed by atoms with Crippen LogP contribution in [0.1, 0.15) is 19.4 Å². The van der Waals surface area contributed by atoms with Crippen molar-refractivity contribution in [1.29, 1.82) is 0 Å². The second kappa shape index (κ2) is 7.07. The van der Waals surface area contributed by atoms with Crippen LogP contribution in [0.4, 0.5) is 5.69 Å². The SMILES string of the molecule is CC=C/C=C/C(=O)Nc1ccc(Br)cc1CC. The van der Waals surface area contributed by atoms with Crippen LogP contribution in [0.3, 0.4) is 0 Å². The molecular weight excluding hydrogens is 278 g/mol. The largest absolute Gasteiger partial charge is 0.322 e. The van der Waals surface area contributed by atoms with E-state index in [1.54, 1.807) is 6.08 Å². The normalized spacial score (nSPS) is 11.2. The first-order valence-corrected chi connectivity index (χ1v) is 6.35. The van der Waals surface area contributed by atoms with Crippen LogP contribution in [-0.2, 0) is 11.2 Å². The number of allylic oxidation sites excluding steroid dienone is 3. The molecule has 0 atom stereocenters. The lowest BCUT2D eigenvalue weighted by Crippen LogP contribution is -2.09. The first-order valence-electron chi connectivity index (χ1n) is 5.56. The molecule has 17 heavy (non-hydrogen) atoms. The number of hydrogen-bond acceptors (Lipinski definition) is 1. The molecule has 0 aliphatic rings. The van der Waals surface area contributed by atoms with Crippen LogP contribution in [0, 0.1) is 0 Å². The van der Waals surface area contributed by atoms with E-state index in [1.807, 2.05) is 37.3 Å². The van der Waals surface area contributed by atoms with Gasteiger partial charge in [-0.1, -0.05) is 41.1 Å². The monoisotopic (exact) mass is 293 g/mol. The molecule has 1 aromatic rings. The standard InChI is InChI=1S/C14H16BrNO/c1-3-5-6-7-14(17)16-13-9-8-12(15)10-11(13)4-2/h3,5-10H,4H2,1-2H3,(H,16,17)/b5-3?,7-6+. The molecule has 0 bridgehead atoms. The Morgan fingerprint density at radius 3 is 2.82 bits per heavy atom. The first-order chi connectivity index (χ1) is 8.17. The molecule has 90 valence electrons. The molecule has 0 aromatic heterocycles. The summed E-state index contributed by atoms with van der Waals surface area (Å²) >= 11 is 3.42. The van der Waals surface area contributed by atoms with Crippen LogP contribution >= 0.6 is 15.9 Å². The summed E-state index contributed by atoms with van der Waals surface area (Å²) in [5, 5.41) is 2.87. The highest BCUT2D eigenvalue weighted by Crippen LogP contribution is 2.21. The Hall–Kier alpha value is -1.35. The maximum atomic E-state index is 11.6. The fraction of sp³-hybridized carbons (Fsp3) is 0.214. The third-order valence-corrected chi connectivity index (χ3v) is 2.75. The maximum absolute atomic E-state index is 11.6. The number of halogens is 1. The molecule has 0 aliphatic carbocycles. The Balaban J connectivity index is 2.77. The van der Waals surface area contributed by atoms with Crippen LogP contribution in [-0.4, -0.2) is 5.91 Å². The van der Waals surface area contributed by atoms with Gasteiger partial charge in [0, 0.05) is 16.2 Å². The fourth-order valence-corrected chi connectivity index (χ4v) is 1.81. The predicted octanol–water partition coefficient (Wildman–Crippen LogP) is 4.08. The van der Waals surface area contributed by atoms with Crippen molar-refractivity contribution in [3.8, 4) is 0 Å². The quantitative estimate of drug-likeness (QED) is 0.658. The highest BCUT2D eigenvalue weighted by Gasteiger charge is 2.03. The predicted molar refractivity (Wildman–Crippen MR) is 76.1 cm³/mol. The second-order valence-corrected chi connectivity index (χ2v) is 4.44. The van der Waals surface area contributed by atoms with E-state index in [0.29, 0.717) is 0 Å². The molecule has 1 rings (SSSR count).